The van der Waals surface area contributed by atoms with Crippen molar-refractivity contribution in [3.05, 3.63) is 58.7 Å². The molecule has 0 amide bonds. The minimum absolute atomic E-state index is 0.0461. The molecule has 0 atom stereocenters. The fourth-order valence-electron chi connectivity index (χ4n) is 1.94. The third-order valence-electron chi connectivity index (χ3n) is 2.88. The molecule has 2 aromatic rings. The van der Waals surface area contributed by atoms with Crippen molar-refractivity contribution < 1.29 is 4.79 Å². The van der Waals surface area contributed by atoms with Gasteiger partial charge < -0.3 is 11.5 Å². The molecule has 0 fully saturated rings. The van der Waals surface area contributed by atoms with Crippen LogP contribution in [0.25, 0.3) is 0 Å². The predicted octanol–water partition coefficient (Wildman–Crippen LogP) is 2.70. The molecule has 0 aliphatic carbocycles. The Kier molecular flexibility index (Phi) is 3.06. The Hall–Kier alpha value is -2.29. The van der Waals surface area contributed by atoms with E-state index in [1.165, 1.54) is 0 Å². The summed E-state index contributed by atoms with van der Waals surface area (Å²) in [6, 6.07) is 10.8. The third kappa shape index (κ3) is 2.35. The molecule has 0 aromatic heterocycles. The first-order chi connectivity index (χ1) is 8.47. The van der Waals surface area contributed by atoms with Crippen molar-refractivity contribution in [2.75, 3.05) is 11.5 Å². The molecule has 3 heteroatoms. The average molecular weight is 240 g/mol. The van der Waals surface area contributed by atoms with Crippen molar-refractivity contribution >= 4 is 17.2 Å². The van der Waals surface area contributed by atoms with E-state index in [-0.39, 0.29) is 5.78 Å². The molecule has 0 saturated carbocycles. The molecule has 0 radical (unpaired) electrons. The highest BCUT2D eigenvalue weighted by Gasteiger charge is 2.12. The van der Waals surface area contributed by atoms with Crippen LogP contribution >= 0.6 is 0 Å². The maximum Gasteiger partial charge on any atom is 0.193 e. The molecule has 0 spiro atoms. The van der Waals surface area contributed by atoms with E-state index < -0.39 is 0 Å². The lowest BCUT2D eigenvalue weighted by atomic mass is 9.97. The smallest absolute Gasteiger partial charge is 0.193 e. The van der Waals surface area contributed by atoms with E-state index in [1.54, 1.807) is 18.2 Å². The van der Waals surface area contributed by atoms with E-state index in [9.17, 15) is 4.79 Å². The van der Waals surface area contributed by atoms with Gasteiger partial charge in [-0.25, -0.2) is 0 Å². The summed E-state index contributed by atoms with van der Waals surface area (Å²) in [5.74, 6) is -0.0461. The number of benzene rings is 2. The van der Waals surface area contributed by atoms with Crippen molar-refractivity contribution in [2.24, 2.45) is 0 Å². The van der Waals surface area contributed by atoms with E-state index >= 15 is 0 Å². The molecule has 0 heterocycles. The van der Waals surface area contributed by atoms with Crippen LogP contribution in [0.1, 0.15) is 27.0 Å². The summed E-state index contributed by atoms with van der Waals surface area (Å²) in [5, 5.41) is 0. The van der Waals surface area contributed by atoms with Gasteiger partial charge in [-0.3, -0.25) is 4.79 Å². The number of nitrogen functional groups attached to an aromatic ring is 2. The van der Waals surface area contributed by atoms with Crippen LogP contribution in [0, 0.1) is 13.8 Å². The van der Waals surface area contributed by atoms with E-state index in [4.69, 9.17) is 11.5 Å². The number of rotatable bonds is 2. The minimum atomic E-state index is -0.0461. The summed E-state index contributed by atoms with van der Waals surface area (Å²) in [6.07, 6.45) is 0. The molecule has 4 N–H and O–H groups in total. The van der Waals surface area contributed by atoms with Gasteiger partial charge in [0.2, 0.25) is 0 Å². The van der Waals surface area contributed by atoms with E-state index in [2.05, 4.69) is 0 Å². The van der Waals surface area contributed by atoms with Gasteiger partial charge in [0.1, 0.15) is 0 Å². The maximum absolute atomic E-state index is 12.4. The monoisotopic (exact) mass is 240 g/mol. The second-order valence-electron chi connectivity index (χ2n) is 4.54. The van der Waals surface area contributed by atoms with Gasteiger partial charge in [0.15, 0.2) is 5.78 Å². The predicted molar refractivity (Wildman–Crippen MR) is 74.6 cm³/mol. The summed E-state index contributed by atoms with van der Waals surface area (Å²) >= 11 is 0. The van der Waals surface area contributed by atoms with E-state index in [0.29, 0.717) is 22.5 Å². The molecule has 3 nitrogen and oxygen atoms in total. The van der Waals surface area contributed by atoms with Crippen molar-refractivity contribution in [1.29, 1.82) is 0 Å². The van der Waals surface area contributed by atoms with Gasteiger partial charge in [0.25, 0.3) is 0 Å². The van der Waals surface area contributed by atoms with E-state index in [0.717, 1.165) is 11.1 Å². The number of anilines is 2. The lowest BCUT2D eigenvalue weighted by Gasteiger charge is -2.08. The number of aryl methyl sites for hydroxylation is 2. The fraction of sp³-hybridized carbons (Fsp3) is 0.133. The Morgan fingerprint density at radius 2 is 1.56 bits per heavy atom. The van der Waals surface area contributed by atoms with Crippen molar-refractivity contribution in [1.82, 2.24) is 0 Å². The number of hydrogen-bond donors (Lipinski definition) is 2. The van der Waals surface area contributed by atoms with Crippen LogP contribution in [0.3, 0.4) is 0 Å². The Labute approximate surface area is 106 Å². The van der Waals surface area contributed by atoms with E-state index in [1.807, 2.05) is 32.0 Å². The van der Waals surface area contributed by atoms with Crippen LogP contribution in [0.4, 0.5) is 11.4 Å². The first kappa shape index (κ1) is 12.2. The van der Waals surface area contributed by atoms with Crippen LogP contribution < -0.4 is 11.5 Å². The number of carbonyl (C=O) groups is 1. The molecule has 0 aliphatic rings. The quantitative estimate of drug-likeness (QED) is 0.626. The topological polar surface area (TPSA) is 69.1 Å². The van der Waals surface area contributed by atoms with Gasteiger partial charge in [-0.1, -0.05) is 17.7 Å². The highest BCUT2D eigenvalue weighted by molar-refractivity contribution is 6.10. The van der Waals surface area contributed by atoms with Gasteiger partial charge in [-0.15, -0.1) is 0 Å². The summed E-state index contributed by atoms with van der Waals surface area (Å²) in [6.45, 7) is 3.88. The zero-order chi connectivity index (χ0) is 13.3. The molecular weight excluding hydrogens is 224 g/mol. The van der Waals surface area contributed by atoms with Crippen LogP contribution in [-0.2, 0) is 0 Å². The second kappa shape index (κ2) is 4.53. The molecule has 18 heavy (non-hydrogen) atoms. The molecule has 0 saturated heterocycles. The Morgan fingerprint density at radius 3 is 2.17 bits per heavy atom. The summed E-state index contributed by atoms with van der Waals surface area (Å²) in [7, 11) is 0. The lowest BCUT2D eigenvalue weighted by molar-refractivity contribution is 0.103. The summed E-state index contributed by atoms with van der Waals surface area (Å²) < 4.78 is 0. The first-order valence-electron chi connectivity index (χ1n) is 5.75. The SMILES string of the molecule is Cc1ccc(C)c(C(=O)c2cc(N)cc(N)c2)c1. The minimum Gasteiger partial charge on any atom is -0.399 e. The number of nitrogens with two attached hydrogens (primary N) is 2. The lowest BCUT2D eigenvalue weighted by Crippen LogP contribution is -2.06. The standard InChI is InChI=1S/C15H16N2O/c1-9-3-4-10(2)14(5-9)15(18)11-6-12(16)8-13(17)7-11/h3-8H,16-17H2,1-2H3. The Morgan fingerprint density at radius 1 is 0.944 bits per heavy atom. The molecular formula is C15H16N2O. The van der Waals surface area contributed by atoms with Crippen LogP contribution in [0.5, 0.6) is 0 Å². The maximum atomic E-state index is 12.4. The Bertz CT molecular complexity index is 598. The van der Waals surface area contributed by atoms with Gasteiger partial charge in [0, 0.05) is 22.5 Å². The van der Waals surface area contributed by atoms with Crippen LogP contribution in [0.2, 0.25) is 0 Å². The summed E-state index contributed by atoms with van der Waals surface area (Å²) in [4.78, 5) is 12.4. The molecule has 2 rings (SSSR count). The van der Waals surface area contributed by atoms with Gasteiger partial charge in [-0.2, -0.15) is 0 Å². The van der Waals surface area contributed by atoms with Crippen LogP contribution in [0.15, 0.2) is 36.4 Å². The average Bonchev–Trinajstić information content (AvgIpc) is 2.30. The fourth-order valence-corrected chi connectivity index (χ4v) is 1.94. The molecule has 92 valence electrons. The highest BCUT2D eigenvalue weighted by atomic mass is 16.1. The van der Waals surface area contributed by atoms with Crippen molar-refractivity contribution in [2.45, 2.75) is 13.8 Å². The van der Waals surface area contributed by atoms with Crippen molar-refractivity contribution in [3.63, 3.8) is 0 Å². The third-order valence-corrected chi connectivity index (χ3v) is 2.88. The van der Waals surface area contributed by atoms with Crippen LogP contribution in [-0.4, -0.2) is 5.78 Å². The van der Waals surface area contributed by atoms with Gasteiger partial charge in [-0.05, 0) is 43.7 Å². The van der Waals surface area contributed by atoms with Gasteiger partial charge in [0.05, 0.1) is 0 Å². The number of carbonyl (C=O) groups excluding carboxylic acids is 1. The number of hydrogen-bond acceptors (Lipinski definition) is 3. The normalized spacial score (nSPS) is 10.3. The first-order valence-corrected chi connectivity index (χ1v) is 5.75. The summed E-state index contributed by atoms with van der Waals surface area (Å²) in [5.41, 5.74) is 15.7. The van der Waals surface area contributed by atoms with Gasteiger partial charge >= 0.3 is 0 Å². The zero-order valence-corrected chi connectivity index (χ0v) is 10.5. The second-order valence-corrected chi connectivity index (χ2v) is 4.54. The Balaban J connectivity index is 2.51. The molecule has 0 aliphatic heterocycles. The largest absolute Gasteiger partial charge is 0.399 e. The molecule has 0 bridgehead atoms. The van der Waals surface area contributed by atoms with Crippen molar-refractivity contribution in [3.8, 4) is 0 Å². The zero-order valence-electron chi connectivity index (χ0n) is 10.5. The highest BCUT2D eigenvalue weighted by Crippen LogP contribution is 2.20. The molecule has 0 unspecified atom stereocenters. The molecule has 2 aromatic carbocycles. The number of ketones is 1.